The molecule has 5 heteroatoms. The van der Waals surface area contributed by atoms with Gasteiger partial charge < -0.3 is 9.32 Å². The summed E-state index contributed by atoms with van der Waals surface area (Å²) in [4.78, 5) is 24.0. The lowest BCUT2D eigenvalue weighted by molar-refractivity contribution is -0.132. The van der Waals surface area contributed by atoms with Gasteiger partial charge in [-0.05, 0) is 24.5 Å². The highest BCUT2D eigenvalue weighted by molar-refractivity contribution is 5.78. The maximum atomic E-state index is 13.1. The van der Waals surface area contributed by atoms with E-state index in [4.69, 9.17) is 9.40 Å². The zero-order valence-corrected chi connectivity index (χ0v) is 17.9. The van der Waals surface area contributed by atoms with Crippen LogP contribution in [0.15, 0.2) is 89.6 Å². The third kappa shape index (κ3) is 4.62. The molecule has 0 unspecified atom stereocenters. The predicted molar refractivity (Wildman–Crippen MR) is 124 cm³/mol. The van der Waals surface area contributed by atoms with Crippen molar-refractivity contribution in [2.75, 3.05) is 0 Å². The number of pyridine rings is 1. The molecule has 32 heavy (non-hydrogen) atoms. The molecule has 1 saturated carbocycles. The SMILES string of the molecule is O=C(CCc1nc(-c2ccccc2)c(-c2ccccc2)o1)N(Cc1cccnc1)C1CC1. The number of aryl methyl sites for hydroxylation is 1. The van der Waals surface area contributed by atoms with Gasteiger partial charge in [-0.1, -0.05) is 66.7 Å². The number of hydrogen-bond donors (Lipinski definition) is 0. The molecule has 1 aliphatic rings. The third-order valence-electron chi connectivity index (χ3n) is 5.69. The van der Waals surface area contributed by atoms with Crippen LogP contribution in [0.3, 0.4) is 0 Å². The summed E-state index contributed by atoms with van der Waals surface area (Å²) in [5.41, 5.74) is 3.85. The van der Waals surface area contributed by atoms with E-state index in [1.165, 1.54) is 0 Å². The summed E-state index contributed by atoms with van der Waals surface area (Å²) in [6.07, 6.45) is 6.57. The molecule has 5 nitrogen and oxygen atoms in total. The van der Waals surface area contributed by atoms with Crippen LogP contribution in [-0.4, -0.2) is 26.8 Å². The van der Waals surface area contributed by atoms with Crippen LogP contribution in [0, 0.1) is 0 Å². The molecule has 5 rings (SSSR count). The van der Waals surface area contributed by atoms with E-state index in [1.807, 2.05) is 83.9 Å². The van der Waals surface area contributed by atoms with Gasteiger partial charge in [-0.15, -0.1) is 0 Å². The number of hydrogen-bond acceptors (Lipinski definition) is 4. The molecule has 0 N–H and O–H groups in total. The number of amides is 1. The number of benzene rings is 2. The first-order valence-corrected chi connectivity index (χ1v) is 11.1. The van der Waals surface area contributed by atoms with Crippen LogP contribution < -0.4 is 0 Å². The minimum Gasteiger partial charge on any atom is -0.440 e. The summed E-state index contributed by atoms with van der Waals surface area (Å²) >= 11 is 0. The summed E-state index contributed by atoms with van der Waals surface area (Å²) in [6, 6.07) is 24.3. The van der Waals surface area contributed by atoms with Gasteiger partial charge in [-0.25, -0.2) is 4.98 Å². The Labute approximate surface area is 187 Å². The topological polar surface area (TPSA) is 59.2 Å². The first-order chi connectivity index (χ1) is 15.8. The van der Waals surface area contributed by atoms with E-state index >= 15 is 0 Å². The minimum atomic E-state index is 0.136. The van der Waals surface area contributed by atoms with Crippen LogP contribution in [0.4, 0.5) is 0 Å². The van der Waals surface area contributed by atoms with Gasteiger partial charge >= 0.3 is 0 Å². The Balaban J connectivity index is 1.35. The normalized spacial score (nSPS) is 13.1. The fraction of sp³-hybridized carbons (Fsp3) is 0.222. The van der Waals surface area contributed by atoms with Gasteiger partial charge in [-0.2, -0.15) is 0 Å². The van der Waals surface area contributed by atoms with Crippen molar-refractivity contribution in [3.63, 3.8) is 0 Å². The number of carbonyl (C=O) groups is 1. The van der Waals surface area contributed by atoms with E-state index in [2.05, 4.69) is 4.98 Å². The molecule has 0 spiro atoms. The van der Waals surface area contributed by atoms with Crippen molar-refractivity contribution in [1.82, 2.24) is 14.9 Å². The highest BCUT2D eigenvalue weighted by Crippen LogP contribution is 2.33. The van der Waals surface area contributed by atoms with Crippen LogP contribution in [-0.2, 0) is 17.8 Å². The van der Waals surface area contributed by atoms with E-state index in [0.717, 1.165) is 41.0 Å². The summed E-state index contributed by atoms with van der Waals surface area (Å²) < 4.78 is 6.19. The van der Waals surface area contributed by atoms with Crippen molar-refractivity contribution in [1.29, 1.82) is 0 Å². The number of aromatic nitrogens is 2. The number of oxazole rings is 1. The molecular weight excluding hydrogens is 398 g/mol. The predicted octanol–water partition coefficient (Wildman–Crippen LogP) is 5.53. The Morgan fingerprint density at radius 1 is 0.938 bits per heavy atom. The van der Waals surface area contributed by atoms with E-state index < -0.39 is 0 Å². The first kappa shape index (κ1) is 20.2. The molecule has 160 valence electrons. The minimum absolute atomic E-state index is 0.136. The Morgan fingerprint density at radius 2 is 1.66 bits per heavy atom. The molecular formula is C27H25N3O2. The lowest BCUT2D eigenvalue weighted by atomic mass is 10.1. The fourth-order valence-electron chi connectivity index (χ4n) is 3.90. The van der Waals surface area contributed by atoms with Gasteiger partial charge in [0, 0.05) is 48.9 Å². The van der Waals surface area contributed by atoms with E-state index in [0.29, 0.717) is 31.3 Å². The largest absolute Gasteiger partial charge is 0.440 e. The average Bonchev–Trinajstić information content (AvgIpc) is 3.61. The molecule has 2 aromatic heterocycles. The summed E-state index contributed by atoms with van der Waals surface area (Å²) in [7, 11) is 0. The Bertz CT molecular complexity index is 1110. The van der Waals surface area contributed by atoms with Crippen LogP contribution >= 0.6 is 0 Å². The van der Waals surface area contributed by atoms with Crippen LogP contribution in [0.1, 0.15) is 30.7 Å². The number of carbonyl (C=O) groups excluding carboxylic acids is 1. The number of rotatable bonds is 8. The summed E-state index contributed by atoms with van der Waals surface area (Å²) in [5.74, 6) is 1.47. The second-order valence-electron chi connectivity index (χ2n) is 8.13. The van der Waals surface area contributed by atoms with Crippen molar-refractivity contribution in [2.24, 2.45) is 0 Å². The van der Waals surface area contributed by atoms with Crippen molar-refractivity contribution in [3.05, 3.63) is 96.6 Å². The van der Waals surface area contributed by atoms with Crippen molar-refractivity contribution < 1.29 is 9.21 Å². The van der Waals surface area contributed by atoms with Gasteiger partial charge in [0.05, 0.1) is 0 Å². The molecule has 0 saturated heterocycles. The lowest BCUT2D eigenvalue weighted by Crippen LogP contribution is -2.32. The van der Waals surface area contributed by atoms with Crippen molar-refractivity contribution >= 4 is 5.91 Å². The molecule has 0 aliphatic heterocycles. The van der Waals surface area contributed by atoms with Gasteiger partial charge in [0.25, 0.3) is 0 Å². The summed E-state index contributed by atoms with van der Waals surface area (Å²) in [5, 5.41) is 0. The molecule has 1 fully saturated rings. The molecule has 0 atom stereocenters. The van der Waals surface area contributed by atoms with Gasteiger partial charge in [0.15, 0.2) is 11.7 Å². The average molecular weight is 424 g/mol. The van der Waals surface area contributed by atoms with Crippen LogP contribution in [0.2, 0.25) is 0 Å². The monoisotopic (exact) mass is 423 g/mol. The van der Waals surface area contributed by atoms with Gasteiger partial charge in [-0.3, -0.25) is 9.78 Å². The van der Waals surface area contributed by atoms with Crippen molar-refractivity contribution in [2.45, 2.75) is 38.3 Å². The molecule has 0 radical (unpaired) electrons. The van der Waals surface area contributed by atoms with Gasteiger partial charge in [0.1, 0.15) is 5.69 Å². The van der Waals surface area contributed by atoms with Crippen LogP contribution in [0.5, 0.6) is 0 Å². The van der Waals surface area contributed by atoms with E-state index in [-0.39, 0.29) is 5.91 Å². The Hall–Kier alpha value is -3.73. The van der Waals surface area contributed by atoms with Crippen molar-refractivity contribution in [3.8, 4) is 22.6 Å². The second-order valence-corrected chi connectivity index (χ2v) is 8.13. The first-order valence-electron chi connectivity index (χ1n) is 11.1. The molecule has 4 aromatic rings. The molecule has 1 aliphatic carbocycles. The summed E-state index contributed by atoms with van der Waals surface area (Å²) in [6.45, 7) is 0.605. The second kappa shape index (κ2) is 9.18. The molecule has 2 aromatic carbocycles. The van der Waals surface area contributed by atoms with Crippen LogP contribution in [0.25, 0.3) is 22.6 Å². The molecule has 2 heterocycles. The Morgan fingerprint density at radius 3 is 2.31 bits per heavy atom. The maximum absolute atomic E-state index is 13.1. The molecule has 0 bridgehead atoms. The number of nitrogens with zero attached hydrogens (tertiary/aromatic N) is 3. The Kier molecular flexibility index (Phi) is 5.79. The highest BCUT2D eigenvalue weighted by Gasteiger charge is 2.32. The highest BCUT2D eigenvalue weighted by atomic mass is 16.4. The zero-order chi connectivity index (χ0) is 21.8. The quantitative estimate of drug-likeness (QED) is 0.374. The lowest BCUT2D eigenvalue weighted by Gasteiger charge is -2.22. The standard InChI is InChI=1S/C27H25N3O2/c31-25(30(23-13-14-23)19-20-8-7-17-28-18-20)16-15-24-29-26(21-9-3-1-4-10-21)27(32-24)22-11-5-2-6-12-22/h1-12,17-18,23H,13-16,19H2. The van der Waals surface area contributed by atoms with E-state index in [1.54, 1.807) is 6.20 Å². The maximum Gasteiger partial charge on any atom is 0.223 e. The smallest absolute Gasteiger partial charge is 0.223 e. The van der Waals surface area contributed by atoms with Gasteiger partial charge in [0.2, 0.25) is 5.91 Å². The fourth-order valence-corrected chi connectivity index (χ4v) is 3.90. The van der Waals surface area contributed by atoms with E-state index in [9.17, 15) is 4.79 Å². The third-order valence-corrected chi connectivity index (χ3v) is 5.69. The zero-order valence-electron chi connectivity index (χ0n) is 17.9. The molecule has 1 amide bonds.